The topological polar surface area (TPSA) is 106 Å². The molecule has 8 nitrogen and oxygen atoms in total. The molecule has 0 fully saturated rings. The van der Waals surface area contributed by atoms with Gasteiger partial charge in [-0.15, -0.1) is 15.3 Å². The molecule has 0 radical (unpaired) electrons. The number of anilines is 1. The Kier molecular flexibility index (Phi) is 3.40. The minimum absolute atomic E-state index is 0.0193. The van der Waals surface area contributed by atoms with Gasteiger partial charge in [0.1, 0.15) is 11.6 Å². The number of rotatable bonds is 4. The molecule has 0 bridgehead atoms. The van der Waals surface area contributed by atoms with Crippen LogP contribution in [-0.2, 0) is 17.9 Å². The average Bonchev–Trinajstić information content (AvgIpc) is 2.87. The molecule has 0 saturated carbocycles. The third-order valence-electron chi connectivity index (χ3n) is 1.93. The van der Waals surface area contributed by atoms with Crippen LogP contribution in [0.15, 0.2) is 6.20 Å². The van der Waals surface area contributed by atoms with Gasteiger partial charge in [0, 0.05) is 0 Å². The molecule has 0 unspecified atom stereocenters. The van der Waals surface area contributed by atoms with Crippen molar-refractivity contribution in [1.82, 2.24) is 25.2 Å². The summed E-state index contributed by atoms with van der Waals surface area (Å²) in [6.07, 6.45) is 1.41. The Hall–Kier alpha value is -1.87. The first-order valence-electron chi connectivity index (χ1n) is 4.77. The maximum atomic E-state index is 11.6. The number of aliphatic hydroxyl groups excluding tert-OH is 1. The normalized spacial score (nSPS) is 10.5. The molecule has 2 aromatic rings. The highest BCUT2D eigenvalue weighted by Crippen LogP contribution is 2.13. The number of aryl methyl sites for hydroxylation is 1. The summed E-state index contributed by atoms with van der Waals surface area (Å²) >= 11 is 1.29. The van der Waals surface area contributed by atoms with Crippen molar-refractivity contribution in [1.29, 1.82) is 0 Å². The van der Waals surface area contributed by atoms with Gasteiger partial charge in [0.15, 0.2) is 0 Å². The standard InChI is InChI=1S/C8H10N6O2S/c1-5-11-12-8(17-5)10-7(16)3-14-6(4-15)2-9-13-14/h2,15H,3-4H2,1H3,(H,10,12,16). The molecule has 2 N–H and O–H groups in total. The SMILES string of the molecule is Cc1nnc(NC(=O)Cn2nncc2CO)s1. The van der Waals surface area contributed by atoms with Crippen LogP contribution in [0.25, 0.3) is 0 Å². The molecule has 1 amide bonds. The lowest BCUT2D eigenvalue weighted by Gasteiger charge is -2.03. The van der Waals surface area contributed by atoms with Crippen molar-refractivity contribution in [3.05, 3.63) is 16.9 Å². The lowest BCUT2D eigenvalue weighted by molar-refractivity contribution is -0.117. The third-order valence-corrected chi connectivity index (χ3v) is 2.68. The summed E-state index contributed by atoms with van der Waals surface area (Å²) in [5, 5.41) is 27.6. The van der Waals surface area contributed by atoms with Crippen LogP contribution in [-0.4, -0.2) is 36.2 Å². The zero-order valence-corrected chi connectivity index (χ0v) is 9.81. The van der Waals surface area contributed by atoms with Crippen molar-refractivity contribution in [2.45, 2.75) is 20.1 Å². The van der Waals surface area contributed by atoms with Crippen LogP contribution >= 0.6 is 11.3 Å². The number of aliphatic hydroxyl groups is 1. The van der Waals surface area contributed by atoms with Crippen molar-refractivity contribution in [2.75, 3.05) is 5.32 Å². The van der Waals surface area contributed by atoms with Crippen LogP contribution in [0.3, 0.4) is 0 Å². The maximum Gasteiger partial charge on any atom is 0.248 e. The van der Waals surface area contributed by atoms with Gasteiger partial charge >= 0.3 is 0 Å². The predicted molar refractivity (Wildman–Crippen MR) is 59.2 cm³/mol. The Morgan fingerprint density at radius 2 is 2.41 bits per heavy atom. The second-order valence-corrected chi connectivity index (χ2v) is 4.40. The number of hydrogen-bond donors (Lipinski definition) is 2. The minimum Gasteiger partial charge on any atom is -0.390 e. The van der Waals surface area contributed by atoms with Gasteiger partial charge in [-0.3, -0.25) is 10.1 Å². The van der Waals surface area contributed by atoms with Gasteiger partial charge in [-0.1, -0.05) is 16.6 Å². The average molecular weight is 254 g/mol. The van der Waals surface area contributed by atoms with Crippen molar-refractivity contribution in [3.63, 3.8) is 0 Å². The molecule has 0 spiro atoms. The summed E-state index contributed by atoms with van der Waals surface area (Å²) in [7, 11) is 0. The van der Waals surface area contributed by atoms with Crippen LogP contribution in [0.1, 0.15) is 10.7 Å². The first-order chi connectivity index (χ1) is 8.19. The number of hydrogen-bond acceptors (Lipinski definition) is 7. The van der Waals surface area contributed by atoms with Crippen LogP contribution in [0.4, 0.5) is 5.13 Å². The van der Waals surface area contributed by atoms with E-state index >= 15 is 0 Å². The minimum atomic E-state index is -0.290. The van der Waals surface area contributed by atoms with E-state index in [4.69, 9.17) is 5.11 Å². The van der Waals surface area contributed by atoms with E-state index in [1.165, 1.54) is 22.2 Å². The maximum absolute atomic E-state index is 11.6. The molecule has 0 atom stereocenters. The lowest BCUT2D eigenvalue weighted by atomic mass is 10.5. The van der Waals surface area contributed by atoms with Crippen molar-refractivity contribution in [3.8, 4) is 0 Å². The smallest absolute Gasteiger partial charge is 0.248 e. The highest BCUT2D eigenvalue weighted by molar-refractivity contribution is 7.15. The zero-order chi connectivity index (χ0) is 12.3. The second kappa shape index (κ2) is 4.97. The number of nitrogens with one attached hydrogen (secondary N) is 1. The van der Waals surface area contributed by atoms with Gasteiger partial charge < -0.3 is 5.11 Å². The number of aromatic nitrogens is 5. The zero-order valence-electron chi connectivity index (χ0n) is 8.99. The molecule has 0 aliphatic carbocycles. The van der Waals surface area contributed by atoms with Crippen LogP contribution in [0.5, 0.6) is 0 Å². The van der Waals surface area contributed by atoms with Crippen molar-refractivity contribution >= 4 is 22.4 Å². The van der Waals surface area contributed by atoms with Crippen LogP contribution < -0.4 is 5.32 Å². The molecular weight excluding hydrogens is 244 g/mol. The molecule has 0 saturated heterocycles. The third kappa shape index (κ3) is 2.82. The van der Waals surface area contributed by atoms with E-state index in [1.807, 2.05) is 0 Å². The van der Waals surface area contributed by atoms with Gasteiger partial charge in [0.2, 0.25) is 11.0 Å². The van der Waals surface area contributed by atoms with E-state index in [1.54, 1.807) is 6.92 Å². The number of carbonyl (C=O) groups excluding carboxylic acids is 1. The monoisotopic (exact) mass is 254 g/mol. The molecule has 2 rings (SSSR count). The quantitative estimate of drug-likeness (QED) is 0.766. The molecule has 9 heteroatoms. The van der Waals surface area contributed by atoms with E-state index in [2.05, 4.69) is 25.8 Å². The largest absolute Gasteiger partial charge is 0.390 e. The Morgan fingerprint density at radius 3 is 3.06 bits per heavy atom. The lowest BCUT2D eigenvalue weighted by Crippen LogP contribution is -2.20. The molecule has 17 heavy (non-hydrogen) atoms. The fraction of sp³-hybridized carbons (Fsp3) is 0.375. The molecule has 0 aliphatic heterocycles. The molecule has 0 aromatic carbocycles. The van der Waals surface area contributed by atoms with E-state index in [0.29, 0.717) is 10.8 Å². The Balaban J connectivity index is 1.98. The summed E-state index contributed by atoms with van der Waals surface area (Å²) in [4.78, 5) is 11.6. The van der Waals surface area contributed by atoms with Gasteiger partial charge in [0.25, 0.3) is 0 Å². The number of carbonyl (C=O) groups is 1. The molecular formula is C8H10N6O2S. The first kappa shape index (κ1) is 11.6. The molecule has 90 valence electrons. The first-order valence-corrected chi connectivity index (χ1v) is 5.59. The summed E-state index contributed by atoms with van der Waals surface area (Å²) in [5.74, 6) is -0.290. The molecule has 2 aromatic heterocycles. The summed E-state index contributed by atoms with van der Waals surface area (Å²) in [6, 6.07) is 0. The molecule has 0 aliphatic rings. The second-order valence-electron chi connectivity index (χ2n) is 3.22. The Labute approximate surface area is 100 Å². The van der Waals surface area contributed by atoms with Crippen LogP contribution in [0.2, 0.25) is 0 Å². The van der Waals surface area contributed by atoms with E-state index < -0.39 is 0 Å². The molecule has 2 heterocycles. The fourth-order valence-electron chi connectivity index (χ4n) is 1.18. The number of amides is 1. The van der Waals surface area contributed by atoms with E-state index in [9.17, 15) is 4.79 Å². The van der Waals surface area contributed by atoms with E-state index in [0.717, 1.165) is 5.01 Å². The van der Waals surface area contributed by atoms with Gasteiger partial charge in [-0.2, -0.15) is 0 Å². The van der Waals surface area contributed by atoms with E-state index in [-0.39, 0.29) is 19.1 Å². The van der Waals surface area contributed by atoms with Gasteiger partial charge in [-0.05, 0) is 6.92 Å². The number of nitrogens with zero attached hydrogens (tertiary/aromatic N) is 5. The summed E-state index contributed by atoms with van der Waals surface area (Å²) in [6.45, 7) is 1.57. The Bertz CT molecular complexity index is 522. The van der Waals surface area contributed by atoms with Gasteiger partial charge in [-0.25, -0.2) is 4.68 Å². The fourth-order valence-corrected chi connectivity index (χ4v) is 1.78. The van der Waals surface area contributed by atoms with Crippen molar-refractivity contribution < 1.29 is 9.90 Å². The summed E-state index contributed by atoms with van der Waals surface area (Å²) in [5.41, 5.74) is 0.480. The van der Waals surface area contributed by atoms with Crippen LogP contribution in [0, 0.1) is 6.92 Å². The highest BCUT2D eigenvalue weighted by atomic mass is 32.1. The highest BCUT2D eigenvalue weighted by Gasteiger charge is 2.10. The summed E-state index contributed by atoms with van der Waals surface area (Å²) < 4.78 is 1.32. The Morgan fingerprint density at radius 1 is 1.59 bits per heavy atom. The van der Waals surface area contributed by atoms with Gasteiger partial charge in [0.05, 0.1) is 18.5 Å². The van der Waals surface area contributed by atoms with Crippen molar-refractivity contribution in [2.24, 2.45) is 0 Å². The predicted octanol–water partition coefficient (Wildman–Crippen LogP) is -0.431.